The number of Topliss-reactive ketones (excluding diaryl/α,β-unsaturated/α-hetero) is 1. The van der Waals surface area contributed by atoms with Crippen molar-refractivity contribution in [3.8, 4) is 0 Å². The maximum Gasteiger partial charge on any atom is 0.141 e. The van der Waals surface area contributed by atoms with E-state index in [9.17, 15) is 4.79 Å². The second-order valence-corrected chi connectivity index (χ2v) is 4.54. The molecule has 2 rings (SSSR count). The lowest BCUT2D eigenvalue weighted by Gasteiger charge is -2.02. The van der Waals surface area contributed by atoms with Gasteiger partial charge in [0, 0.05) is 17.3 Å². The standard InChI is InChI=1S/C15H13BrO/c16-14-8-6-13(7-9-14)11-15(17)10-12-4-2-1-3-5-12/h1-9H,10-11H2/i1D,2D,3D,4D,5D. The molecule has 0 aliphatic rings. The molecule has 86 valence electrons. The van der Waals surface area contributed by atoms with Gasteiger partial charge in [0.15, 0.2) is 0 Å². The molecule has 2 heteroatoms. The summed E-state index contributed by atoms with van der Waals surface area (Å²) in [4.78, 5) is 12.1. The van der Waals surface area contributed by atoms with Crippen LogP contribution in [0.1, 0.15) is 18.0 Å². The molecule has 0 aliphatic heterocycles. The van der Waals surface area contributed by atoms with Crippen molar-refractivity contribution >= 4 is 21.7 Å². The first-order valence-corrected chi connectivity index (χ1v) is 5.92. The quantitative estimate of drug-likeness (QED) is 0.838. The summed E-state index contributed by atoms with van der Waals surface area (Å²) in [7, 11) is 0. The van der Waals surface area contributed by atoms with Gasteiger partial charge in [-0.3, -0.25) is 4.79 Å². The van der Waals surface area contributed by atoms with Gasteiger partial charge in [-0.05, 0) is 23.3 Å². The van der Waals surface area contributed by atoms with Crippen molar-refractivity contribution in [3.63, 3.8) is 0 Å². The van der Waals surface area contributed by atoms with Crippen molar-refractivity contribution < 1.29 is 11.6 Å². The zero-order valence-electron chi connectivity index (χ0n) is 14.0. The molecule has 0 saturated heterocycles. The number of hydrogen-bond donors (Lipinski definition) is 0. The summed E-state index contributed by atoms with van der Waals surface area (Å²) < 4.78 is 39.3. The van der Waals surface area contributed by atoms with Gasteiger partial charge in [-0.2, -0.15) is 0 Å². The van der Waals surface area contributed by atoms with Crippen LogP contribution in [-0.2, 0) is 17.6 Å². The summed E-state index contributed by atoms with van der Waals surface area (Å²) in [6.07, 6.45) is -0.0127. The molecule has 1 nitrogen and oxygen atoms in total. The highest BCUT2D eigenvalue weighted by molar-refractivity contribution is 9.10. The fourth-order valence-electron chi connectivity index (χ4n) is 1.45. The topological polar surface area (TPSA) is 17.1 Å². The van der Waals surface area contributed by atoms with Crippen molar-refractivity contribution in [2.24, 2.45) is 0 Å². The van der Waals surface area contributed by atoms with Gasteiger partial charge >= 0.3 is 0 Å². The van der Waals surface area contributed by atoms with Crippen molar-refractivity contribution in [1.29, 1.82) is 0 Å². The first-order valence-electron chi connectivity index (χ1n) is 7.63. The van der Waals surface area contributed by atoms with Gasteiger partial charge < -0.3 is 0 Å². The number of carbonyl (C=O) groups excluding carboxylic acids is 1. The number of halogens is 1. The number of benzene rings is 2. The predicted molar refractivity (Wildman–Crippen MR) is 73.0 cm³/mol. The maximum atomic E-state index is 12.1. The average Bonchev–Trinajstić information content (AvgIpc) is 2.50. The molecule has 0 aliphatic carbocycles. The molecule has 0 heterocycles. The predicted octanol–water partition coefficient (Wildman–Crippen LogP) is 3.80. The first-order chi connectivity index (χ1) is 10.3. The van der Waals surface area contributed by atoms with E-state index >= 15 is 0 Å². The fraction of sp³-hybridized carbons (Fsp3) is 0.133. The number of rotatable bonds is 4. The Morgan fingerprint density at radius 1 is 1.00 bits per heavy atom. The highest BCUT2D eigenvalue weighted by atomic mass is 79.9. The lowest BCUT2D eigenvalue weighted by atomic mass is 10.0. The Morgan fingerprint density at radius 3 is 2.24 bits per heavy atom. The SMILES string of the molecule is [2H]c1c([2H])c([2H])c(CC(=O)Cc2ccc(Br)cc2)c([2H])c1[2H]. The van der Waals surface area contributed by atoms with Crippen LogP contribution < -0.4 is 0 Å². The van der Waals surface area contributed by atoms with E-state index in [1.165, 1.54) is 0 Å². The third-order valence-electron chi connectivity index (χ3n) is 2.24. The molecule has 0 fully saturated rings. The smallest absolute Gasteiger partial charge is 0.141 e. The monoisotopic (exact) mass is 293 g/mol. The van der Waals surface area contributed by atoms with Gasteiger partial charge in [0.05, 0.1) is 6.85 Å². The van der Waals surface area contributed by atoms with E-state index < -0.39 is 18.1 Å². The van der Waals surface area contributed by atoms with Crippen LogP contribution in [0, 0.1) is 0 Å². The van der Waals surface area contributed by atoms with E-state index in [4.69, 9.17) is 6.85 Å². The molecule has 0 amide bonds. The summed E-state index contributed by atoms with van der Waals surface area (Å²) in [6, 6.07) is 5.39. The lowest BCUT2D eigenvalue weighted by molar-refractivity contribution is -0.117. The highest BCUT2D eigenvalue weighted by Gasteiger charge is 2.04. The Kier molecular flexibility index (Phi) is 2.42. The van der Waals surface area contributed by atoms with Crippen molar-refractivity contribution in [3.05, 3.63) is 70.1 Å². The Balaban J connectivity index is 2.24. The molecule has 0 saturated carbocycles. The van der Waals surface area contributed by atoms with Gasteiger partial charge in [-0.15, -0.1) is 0 Å². The molecule has 0 N–H and O–H groups in total. The number of ketones is 1. The summed E-state index contributed by atoms with van der Waals surface area (Å²) in [5.74, 6) is -0.194. The highest BCUT2D eigenvalue weighted by Crippen LogP contribution is 2.12. The van der Waals surface area contributed by atoms with E-state index in [1.807, 2.05) is 24.3 Å². The second kappa shape index (κ2) is 5.78. The minimum absolute atomic E-state index is 0.0492. The van der Waals surface area contributed by atoms with Crippen molar-refractivity contribution in [2.75, 3.05) is 0 Å². The van der Waals surface area contributed by atoms with Gasteiger partial charge in [0.2, 0.25) is 0 Å². The zero-order chi connectivity index (χ0) is 16.4. The molecule has 17 heavy (non-hydrogen) atoms. The normalized spacial score (nSPS) is 14.3. The fourth-order valence-corrected chi connectivity index (χ4v) is 1.72. The second-order valence-electron chi connectivity index (χ2n) is 3.62. The van der Waals surface area contributed by atoms with Crippen molar-refractivity contribution in [2.45, 2.75) is 12.8 Å². The Morgan fingerprint density at radius 2 is 1.59 bits per heavy atom. The first kappa shape index (κ1) is 7.12. The molecule has 0 radical (unpaired) electrons. The van der Waals surface area contributed by atoms with Gasteiger partial charge in [0.1, 0.15) is 5.78 Å². The van der Waals surface area contributed by atoms with Crippen LogP contribution in [0.4, 0.5) is 0 Å². The lowest BCUT2D eigenvalue weighted by Crippen LogP contribution is -2.06. The minimum Gasteiger partial charge on any atom is -0.299 e. The molecule has 2 aromatic carbocycles. The molecule has 0 spiro atoms. The van der Waals surface area contributed by atoms with Gasteiger partial charge in [-0.1, -0.05) is 58.3 Å². The average molecular weight is 294 g/mol. The Labute approximate surface area is 117 Å². The van der Waals surface area contributed by atoms with Crippen LogP contribution in [0.3, 0.4) is 0 Å². The molecule has 0 atom stereocenters. The summed E-state index contributed by atoms with van der Waals surface area (Å²) in [6.45, 7) is 0. The zero-order valence-corrected chi connectivity index (χ0v) is 10.6. The Bertz CT molecular complexity index is 699. The van der Waals surface area contributed by atoms with Gasteiger partial charge in [-0.25, -0.2) is 0 Å². The molecule has 2 aromatic rings. The molecule has 0 unspecified atom stereocenters. The molecular formula is C15H13BrO. The largest absolute Gasteiger partial charge is 0.299 e. The van der Waals surface area contributed by atoms with Crippen LogP contribution in [0.2, 0.25) is 0 Å². The van der Waals surface area contributed by atoms with E-state index in [0.29, 0.717) is 0 Å². The summed E-state index contributed by atoms with van der Waals surface area (Å²) in [5.41, 5.74) is 0.869. The number of hydrogen-bond acceptors (Lipinski definition) is 1. The summed E-state index contributed by atoms with van der Waals surface area (Å²) in [5, 5.41) is 0. The van der Waals surface area contributed by atoms with E-state index in [-0.39, 0.29) is 36.3 Å². The van der Waals surface area contributed by atoms with E-state index in [0.717, 1.165) is 10.0 Å². The van der Waals surface area contributed by atoms with Crippen LogP contribution in [-0.4, -0.2) is 5.78 Å². The van der Waals surface area contributed by atoms with E-state index in [2.05, 4.69) is 15.9 Å². The Hall–Kier alpha value is -1.41. The van der Waals surface area contributed by atoms with Crippen LogP contribution in [0.25, 0.3) is 0 Å². The molecule has 0 bridgehead atoms. The van der Waals surface area contributed by atoms with E-state index in [1.54, 1.807) is 0 Å². The summed E-state index contributed by atoms with van der Waals surface area (Å²) >= 11 is 3.31. The maximum absolute atomic E-state index is 12.1. The van der Waals surface area contributed by atoms with Crippen LogP contribution >= 0.6 is 15.9 Å². The van der Waals surface area contributed by atoms with Crippen LogP contribution in [0.5, 0.6) is 0 Å². The van der Waals surface area contributed by atoms with Gasteiger partial charge in [0.25, 0.3) is 0 Å². The third-order valence-corrected chi connectivity index (χ3v) is 2.77. The third kappa shape index (κ3) is 3.82. The molecular weight excluding hydrogens is 276 g/mol. The van der Waals surface area contributed by atoms with Crippen LogP contribution in [0.15, 0.2) is 59.0 Å². The van der Waals surface area contributed by atoms with Crippen molar-refractivity contribution in [1.82, 2.24) is 0 Å². The number of carbonyl (C=O) groups is 1. The molecule has 0 aromatic heterocycles. The minimum atomic E-state index is -0.445.